The highest BCUT2D eigenvalue weighted by Gasteiger charge is 2.32. The molecule has 0 bridgehead atoms. The molecule has 0 saturated heterocycles. The zero-order chi connectivity index (χ0) is 39.1. The molecule has 1 heterocycles. The smallest absolute Gasteiger partial charge is 0.336 e. The van der Waals surface area contributed by atoms with Crippen LogP contribution in [0.2, 0.25) is 0 Å². The van der Waals surface area contributed by atoms with Gasteiger partial charge >= 0.3 is 5.63 Å². The van der Waals surface area contributed by atoms with Crippen LogP contribution in [0.4, 0.5) is 5.69 Å². The molecule has 52 heavy (non-hydrogen) atoms. The van der Waals surface area contributed by atoms with Crippen LogP contribution in [0.5, 0.6) is 0 Å². The second kappa shape index (κ2) is 20.5. The van der Waals surface area contributed by atoms with Crippen LogP contribution in [0, 0.1) is 11.8 Å². The van der Waals surface area contributed by atoms with Crippen molar-refractivity contribution < 1.29 is 38.0 Å². The summed E-state index contributed by atoms with van der Waals surface area (Å²) in [6, 6.07) is 1.12. The maximum absolute atomic E-state index is 13.7. The Morgan fingerprint density at radius 2 is 1.37 bits per heavy atom. The molecule has 0 aliphatic rings. The van der Waals surface area contributed by atoms with Crippen LogP contribution in [0.3, 0.4) is 0 Å². The van der Waals surface area contributed by atoms with E-state index in [0.717, 1.165) is 6.07 Å². The first-order chi connectivity index (χ1) is 24.4. The molecule has 7 amide bonds. The highest BCUT2D eigenvalue weighted by atomic mass is 16.4. The first-order valence-electron chi connectivity index (χ1n) is 17.2. The van der Waals surface area contributed by atoms with Gasteiger partial charge in [0, 0.05) is 36.6 Å². The highest BCUT2D eigenvalue weighted by Crippen LogP contribution is 2.22. The number of carbonyl (C=O) groups excluding carboxylic acids is 7. The lowest BCUT2D eigenvalue weighted by molar-refractivity contribution is -0.135. The van der Waals surface area contributed by atoms with Gasteiger partial charge in [-0.1, -0.05) is 27.7 Å². The molecule has 0 aliphatic carbocycles. The van der Waals surface area contributed by atoms with Gasteiger partial charge in [-0.05, 0) is 68.2 Å². The molecule has 1 aromatic heterocycles. The van der Waals surface area contributed by atoms with E-state index in [9.17, 15) is 38.4 Å². The van der Waals surface area contributed by atoms with E-state index in [0.29, 0.717) is 30.3 Å². The number of hydrogen-bond donors (Lipinski definition) is 8. The number of nitrogens with one attached hydrogen (secondary N) is 5. The average molecular weight is 729 g/mol. The van der Waals surface area contributed by atoms with Gasteiger partial charge in [0.2, 0.25) is 41.4 Å². The van der Waals surface area contributed by atoms with E-state index in [-0.39, 0.29) is 55.2 Å². The molecule has 4 atom stereocenters. The number of fused-ring (bicyclic) bond motifs is 1. The predicted molar refractivity (Wildman–Crippen MR) is 193 cm³/mol. The van der Waals surface area contributed by atoms with Crippen molar-refractivity contribution in [3.8, 4) is 0 Å². The van der Waals surface area contributed by atoms with Crippen LogP contribution >= 0.6 is 0 Å². The number of anilines is 1. The van der Waals surface area contributed by atoms with Gasteiger partial charge in [0.25, 0.3) is 0 Å². The summed E-state index contributed by atoms with van der Waals surface area (Å²) >= 11 is 0. The summed E-state index contributed by atoms with van der Waals surface area (Å²) in [5, 5.41) is 13.7. The first-order valence-corrected chi connectivity index (χ1v) is 17.2. The van der Waals surface area contributed by atoms with Crippen molar-refractivity contribution in [3.05, 3.63) is 40.2 Å². The third-order valence-corrected chi connectivity index (χ3v) is 8.00. The van der Waals surface area contributed by atoms with Gasteiger partial charge in [-0.3, -0.25) is 33.6 Å². The van der Waals surface area contributed by atoms with Crippen molar-refractivity contribution in [2.75, 3.05) is 11.9 Å². The van der Waals surface area contributed by atoms with Crippen LogP contribution in [0.25, 0.3) is 11.0 Å². The largest absolute Gasteiger partial charge is 0.423 e. The summed E-state index contributed by atoms with van der Waals surface area (Å²) in [4.78, 5) is 101. The number of rotatable bonds is 21. The lowest BCUT2D eigenvalue weighted by Crippen LogP contribution is -2.58. The quantitative estimate of drug-likeness (QED) is 0.0619. The van der Waals surface area contributed by atoms with Crippen molar-refractivity contribution in [3.63, 3.8) is 0 Å². The zero-order valence-electron chi connectivity index (χ0n) is 30.3. The van der Waals surface area contributed by atoms with Crippen LogP contribution < -0.4 is 49.4 Å². The molecular weight excluding hydrogens is 676 g/mol. The van der Waals surface area contributed by atoms with Crippen molar-refractivity contribution in [1.29, 1.82) is 0 Å². The molecule has 11 N–H and O–H groups in total. The molecule has 0 aliphatic heterocycles. The Morgan fingerprint density at radius 3 is 1.94 bits per heavy atom. The van der Waals surface area contributed by atoms with Crippen molar-refractivity contribution in [2.24, 2.45) is 29.0 Å². The summed E-state index contributed by atoms with van der Waals surface area (Å²) < 4.78 is 5.25. The second-order valence-electron chi connectivity index (χ2n) is 13.5. The Balaban J connectivity index is 2.33. The normalized spacial score (nSPS) is 13.5. The number of amides is 7. The van der Waals surface area contributed by atoms with E-state index in [1.165, 1.54) is 25.1 Å². The molecule has 0 radical (unpaired) electrons. The van der Waals surface area contributed by atoms with E-state index >= 15 is 0 Å². The number of unbranched alkanes of at least 4 members (excludes halogenated alkanes) is 1. The average Bonchev–Trinajstić information content (AvgIpc) is 3.03. The van der Waals surface area contributed by atoms with Gasteiger partial charge in [-0.15, -0.1) is 0 Å². The molecule has 1 aromatic carbocycles. The fraction of sp³-hybridized carbons (Fsp3) is 0.543. The van der Waals surface area contributed by atoms with E-state index in [1.54, 1.807) is 13.8 Å². The number of hydrogen-bond acceptors (Lipinski definition) is 10. The number of carbonyl (C=O) groups is 7. The van der Waals surface area contributed by atoms with Crippen LogP contribution in [0.15, 0.2) is 33.5 Å². The van der Waals surface area contributed by atoms with Gasteiger partial charge < -0.3 is 48.2 Å². The summed E-state index contributed by atoms with van der Waals surface area (Å²) in [6.45, 7) is 8.80. The fourth-order valence-electron chi connectivity index (χ4n) is 5.45. The zero-order valence-corrected chi connectivity index (χ0v) is 30.3. The van der Waals surface area contributed by atoms with E-state index < -0.39 is 71.1 Å². The predicted octanol–water partition coefficient (Wildman–Crippen LogP) is -0.185. The lowest BCUT2D eigenvalue weighted by Gasteiger charge is -2.28. The molecule has 286 valence electrons. The van der Waals surface area contributed by atoms with E-state index in [2.05, 4.69) is 26.6 Å². The highest BCUT2D eigenvalue weighted by molar-refractivity contribution is 6.00. The molecule has 0 spiro atoms. The molecule has 0 unspecified atom stereocenters. The standard InChI is InChI=1S/C35H52N8O9/c1-18(2)14-26(43-33(49)24(8-6-7-13-36)42-35(51)31(19(3)4)39-20(5)44)34(50)41-25(11-12-28(37)45)32(48)40-22-9-10-23-21(15-29(38)46)16-30(47)52-27(23)17-22/h9-10,16-19,24-26,31H,6-8,11-15,36H2,1-5H3,(H2,37,45)(H2,38,46)(H,39,44)(H,40,48)(H,41,50)(H,42,51)(H,43,49)/t24-,25-,26-,31-/m0/s1. The minimum absolute atomic E-state index is 0.0730. The van der Waals surface area contributed by atoms with Crippen LogP contribution in [-0.2, 0) is 40.0 Å². The summed E-state index contributed by atoms with van der Waals surface area (Å²) in [5.74, 6) is -4.85. The van der Waals surface area contributed by atoms with E-state index in [4.69, 9.17) is 21.6 Å². The SMILES string of the molecule is CC(=O)N[C@H](C(=O)N[C@@H](CCCCN)C(=O)N[C@@H](CC(C)C)C(=O)N[C@@H](CCC(N)=O)C(=O)Nc1ccc2c(CC(N)=O)cc(=O)oc2c1)C(C)C. The topological polar surface area (TPSA) is 288 Å². The Bertz CT molecular complexity index is 1670. The monoisotopic (exact) mass is 728 g/mol. The van der Waals surface area contributed by atoms with Crippen molar-refractivity contribution in [2.45, 2.75) is 104 Å². The van der Waals surface area contributed by atoms with Gasteiger partial charge in [-0.2, -0.15) is 0 Å². The minimum Gasteiger partial charge on any atom is -0.423 e. The number of primary amides is 2. The third kappa shape index (κ3) is 14.1. The number of benzene rings is 1. The first kappa shape index (κ1) is 42.8. The van der Waals surface area contributed by atoms with Gasteiger partial charge in [0.1, 0.15) is 29.8 Å². The lowest BCUT2D eigenvalue weighted by atomic mass is 10.00. The van der Waals surface area contributed by atoms with Crippen molar-refractivity contribution in [1.82, 2.24) is 21.3 Å². The van der Waals surface area contributed by atoms with Gasteiger partial charge in [-0.25, -0.2) is 4.79 Å². The summed E-state index contributed by atoms with van der Waals surface area (Å²) in [5.41, 5.74) is 16.2. The summed E-state index contributed by atoms with van der Waals surface area (Å²) in [6.07, 6.45) is 0.769. The van der Waals surface area contributed by atoms with Crippen LogP contribution in [0.1, 0.15) is 78.7 Å². The van der Waals surface area contributed by atoms with Crippen molar-refractivity contribution >= 4 is 58.0 Å². The second-order valence-corrected chi connectivity index (χ2v) is 13.5. The molecule has 0 saturated carbocycles. The molecule has 17 nitrogen and oxygen atoms in total. The van der Waals surface area contributed by atoms with Gasteiger partial charge in [0.15, 0.2) is 0 Å². The van der Waals surface area contributed by atoms with Crippen LogP contribution in [-0.4, -0.2) is 72.1 Å². The Kier molecular flexibility index (Phi) is 16.9. The molecule has 0 fully saturated rings. The van der Waals surface area contributed by atoms with Gasteiger partial charge in [0.05, 0.1) is 6.42 Å². The number of nitrogens with two attached hydrogens (primary N) is 3. The molecule has 17 heteroatoms. The maximum atomic E-state index is 13.7. The maximum Gasteiger partial charge on any atom is 0.336 e. The van der Waals surface area contributed by atoms with E-state index in [1.807, 2.05) is 13.8 Å². The Labute approximate surface area is 301 Å². The minimum atomic E-state index is -1.29. The molecule has 2 aromatic rings. The fourth-order valence-corrected chi connectivity index (χ4v) is 5.45. The summed E-state index contributed by atoms with van der Waals surface area (Å²) in [7, 11) is 0. The third-order valence-electron chi connectivity index (χ3n) is 8.00. The molecule has 2 rings (SSSR count). The Morgan fingerprint density at radius 1 is 0.750 bits per heavy atom. The molecular formula is C35H52N8O9. The Hall–Kier alpha value is -5.32.